The highest BCUT2D eigenvalue weighted by atomic mass is 32.2. The minimum atomic E-state index is -0.830. The molecule has 0 unspecified atom stereocenters. The van der Waals surface area contributed by atoms with Gasteiger partial charge in [0.05, 0.1) is 12.3 Å². The van der Waals surface area contributed by atoms with Gasteiger partial charge in [0.1, 0.15) is 5.75 Å². The first-order valence-electron chi connectivity index (χ1n) is 14.4. The third-order valence-electron chi connectivity index (χ3n) is 6.35. The maximum Gasteiger partial charge on any atom is 0.303 e. The van der Waals surface area contributed by atoms with Crippen LogP contribution in [0.4, 0.5) is 5.69 Å². The quantitative estimate of drug-likeness (QED) is 0.126. The second-order valence-electron chi connectivity index (χ2n) is 9.64. The van der Waals surface area contributed by atoms with Crippen molar-refractivity contribution in [1.82, 2.24) is 0 Å². The second kappa shape index (κ2) is 23.7. The van der Waals surface area contributed by atoms with E-state index in [1.165, 1.54) is 95.0 Å². The molecule has 0 aliphatic heterocycles. The number of carbonyl (C=O) groups excluding carboxylic acids is 1. The molecule has 36 heavy (non-hydrogen) atoms. The molecule has 206 valence electrons. The third kappa shape index (κ3) is 19.5. The molecule has 0 aliphatic rings. The zero-order valence-corrected chi connectivity index (χ0v) is 23.6. The Morgan fingerprint density at radius 1 is 0.750 bits per heavy atom. The lowest BCUT2D eigenvalue weighted by atomic mass is 10.0. The predicted molar refractivity (Wildman–Crippen MR) is 154 cm³/mol. The van der Waals surface area contributed by atoms with Gasteiger partial charge in [-0.05, 0) is 42.9 Å². The summed E-state index contributed by atoms with van der Waals surface area (Å²) >= 11 is 2.07. The first-order chi connectivity index (χ1) is 17.6. The lowest BCUT2D eigenvalue weighted by molar-refractivity contribution is -0.137. The maximum absolute atomic E-state index is 12.3. The Bertz CT molecular complexity index is 683. The molecule has 2 N–H and O–H groups in total. The number of anilines is 1. The average molecular weight is 522 g/mol. The van der Waals surface area contributed by atoms with Crippen LogP contribution in [0.5, 0.6) is 5.75 Å². The molecule has 0 saturated carbocycles. The van der Waals surface area contributed by atoms with Gasteiger partial charge >= 0.3 is 5.97 Å². The molecule has 0 aromatic heterocycles. The molecule has 6 heteroatoms. The van der Waals surface area contributed by atoms with Gasteiger partial charge in [0.25, 0.3) is 0 Å². The number of carboxylic acid groups (broad SMARTS) is 1. The summed E-state index contributed by atoms with van der Waals surface area (Å²) in [5.41, 5.74) is 0.652. The molecule has 1 rings (SSSR count). The van der Waals surface area contributed by atoms with Crippen LogP contribution in [0.1, 0.15) is 122 Å². The standard InChI is InChI=1S/C30H51NO4S/c1-2-36-26-19-15-13-11-9-7-5-3-4-6-8-10-12-14-16-23-29(32)31-27-21-17-18-22-28(27)35-25-20-24-30(33)34/h17-18,21-22H,2-16,19-20,23-26H2,1H3,(H,31,32)(H,33,34). The number of ether oxygens (including phenoxy) is 1. The van der Waals surface area contributed by atoms with Crippen molar-refractivity contribution in [3.8, 4) is 5.75 Å². The van der Waals surface area contributed by atoms with Gasteiger partial charge in [0, 0.05) is 12.8 Å². The van der Waals surface area contributed by atoms with Crippen LogP contribution in [-0.4, -0.2) is 35.1 Å². The molecule has 0 heterocycles. The zero-order chi connectivity index (χ0) is 26.1. The van der Waals surface area contributed by atoms with Crippen molar-refractivity contribution in [3.63, 3.8) is 0 Å². The molecule has 0 bridgehead atoms. The Morgan fingerprint density at radius 3 is 1.83 bits per heavy atom. The summed E-state index contributed by atoms with van der Waals surface area (Å²) in [5, 5.41) is 11.7. The number of nitrogens with one attached hydrogen (secondary N) is 1. The van der Waals surface area contributed by atoms with E-state index < -0.39 is 5.97 Å². The van der Waals surface area contributed by atoms with E-state index in [9.17, 15) is 9.59 Å². The Morgan fingerprint density at radius 2 is 1.28 bits per heavy atom. The minimum absolute atomic E-state index is 0.00656. The van der Waals surface area contributed by atoms with E-state index in [-0.39, 0.29) is 12.3 Å². The molecule has 0 radical (unpaired) electrons. The fourth-order valence-corrected chi connectivity index (χ4v) is 4.94. The first-order valence-corrected chi connectivity index (χ1v) is 15.6. The van der Waals surface area contributed by atoms with E-state index >= 15 is 0 Å². The van der Waals surface area contributed by atoms with Gasteiger partial charge in [-0.1, -0.05) is 103 Å². The molecule has 0 aliphatic carbocycles. The Hall–Kier alpha value is -1.69. The van der Waals surface area contributed by atoms with Gasteiger partial charge in [-0.3, -0.25) is 9.59 Å². The minimum Gasteiger partial charge on any atom is -0.491 e. The van der Waals surface area contributed by atoms with Gasteiger partial charge in [0.2, 0.25) is 5.91 Å². The fourth-order valence-electron chi connectivity index (χ4n) is 4.25. The van der Waals surface area contributed by atoms with Crippen molar-refractivity contribution >= 4 is 29.3 Å². The smallest absolute Gasteiger partial charge is 0.303 e. The number of rotatable bonds is 25. The number of hydrogen-bond acceptors (Lipinski definition) is 4. The number of aliphatic carboxylic acids is 1. The van der Waals surface area contributed by atoms with Crippen LogP contribution < -0.4 is 10.1 Å². The fraction of sp³-hybridized carbons (Fsp3) is 0.733. The highest BCUT2D eigenvalue weighted by Crippen LogP contribution is 2.24. The van der Waals surface area contributed by atoms with Crippen LogP contribution >= 0.6 is 11.8 Å². The number of thioether (sulfide) groups is 1. The summed E-state index contributed by atoms with van der Waals surface area (Å²) in [6.07, 6.45) is 20.8. The van der Waals surface area contributed by atoms with Crippen molar-refractivity contribution in [2.24, 2.45) is 0 Å². The molecular formula is C30H51NO4S. The third-order valence-corrected chi connectivity index (χ3v) is 7.34. The van der Waals surface area contributed by atoms with Gasteiger partial charge < -0.3 is 15.2 Å². The van der Waals surface area contributed by atoms with Crippen LogP contribution in [0, 0.1) is 0 Å². The van der Waals surface area contributed by atoms with E-state index in [2.05, 4.69) is 24.0 Å². The summed E-state index contributed by atoms with van der Waals surface area (Å²) < 4.78 is 5.65. The summed E-state index contributed by atoms with van der Waals surface area (Å²) in [5.74, 6) is 2.37. The van der Waals surface area contributed by atoms with Gasteiger partial charge in [0.15, 0.2) is 0 Å². The highest BCUT2D eigenvalue weighted by molar-refractivity contribution is 7.99. The van der Waals surface area contributed by atoms with Gasteiger partial charge in [-0.25, -0.2) is 0 Å². The van der Waals surface area contributed by atoms with E-state index in [0.717, 1.165) is 12.8 Å². The normalized spacial score (nSPS) is 10.9. The van der Waals surface area contributed by atoms with Crippen molar-refractivity contribution in [3.05, 3.63) is 24.3 Å². The number of hydrogen-bond donors (Lipinski definition) is 2. The van der Waals surface area contributed by atoms with Crippen LogP contribution in [0.15, 0.2) is 24.3 Å². The van der Waals surface area contributed by atoms with Crippen LogP contribution in [-0.2, 0) is 9.59 Å². The molecule has 0 spiro atoms. The number of amides is 1. The maximum atomic E-state index is 12.3. The van der Waals surface area contributed by atoms with E-state index in [1.807, 2.05) is 18.2 Å². The van der Waals surface area contributed by atoms with Crippen molar-refractivity contribution in [2.75, 3.05) is 23.4 Å². The van der Waals surface area contributed by atoms with Crippen LogP contribution in [0.25, 0.3) is 0 Å². The van der Waals surface area contributed by atoms with E-state index in [0.29, 0.717) is 30.9 Å². The number of unbranched alkanes of at least 4 members (excludes halogenated alkanes) is 14. The zero-order valence-electron chi connectivity index (χ0n) is 22.7. The number of carboxylic acids is 1. The molecule has 1 aromatic rings. The van der Waals surface area contributed by atoms with E-state index in [4.69, 9.17) is 9.84 Å². The second-order valence-corrected chi connectivity index (χ2v) is 11.0. The molecule has 0 saturated heterocycles. The Balaban J connectivity index is 1.93. The molecular weight excluding hydrogens is 470 g/mol. The summed E-state index contributed by atoms with van der Waals surface area (Å²) in [7, 11) is 0. The van der Waals surface area contributed by atoms with E-state index in [1.54, 1.807) is 6.07 Å². The lowest BCUT2D eigenvalue weighted by Gasteiger charge is -2.12. The molecule has 1 amide bonds. The van der Waals surface area contributed by atoms with Crippen LogP contribution in [0.2, 0.25) is 0 Å². The molecule has 0 fully saturated rings. The van der Waals surface area contributed by atoms with Gasteiger partial charge in [-0.2, -0.15) is 11.8 Å². The molecule has 5 nitrogen and oxygen atoms in total. The molecule has 1 aromatic carbocycles. The number of para-hydroxylation sites is 2. The SMILES string of the molecule is CCSCCCCCCCCCCCCCCCCCC(=O)Nc1ccccc1OCCCC(=O)O. The number of benzene rings is 1. The summed E-state index contributed by atoms with van der Waals surface area (Å²) in [6, 6.07) is 7.32. The van der Waals surface area contributed by atoms with Crippen LogP contribution in [0.3, 0.4) is 0 Å². The largest absolute Gasteiger partial charge is 0.491 e. The molecule has 0 atom stereocenters. The lowest BCUT2D eigenvalue weighted by Crippen LogP contribution is -2.12. The summed E-state index contributed by atoms with van der Waals surface area (Å²) in [6.45, 7) is 2.56. The predicted octanol–water partition coefficient (Wildman–Crippen LogP) is 8.86. The van der Waals surface area contributed by atoms with Gasteiger partial charge in [-0.15, -0.1) is 0 Å². The van der Waals surface area contributed by atoms with Crippen molar-refractivity contribution < 1.29 is 19.4 Å². The Kier molecular flexibility index (Phi) is 21.3. The van der Waals surface area contributed by atoms with Crippen molar-refractivity contribution in [1.29, 1.82) is 0 Å². The first kappa shape index (κ1) is 32.3. The monoisotopic (exact) mass is 521 g/mol. The summed E-state index contributed by atoms with van der Waals surface area (Å²) in [4.78, 5) is 22.9. The highest BCUT2D eigenvalue weighted by Gasteiger charge is 2.08. The number of carbonyl (C=O) groups is 2. The average Bonchev–Trinajstić information content (AvgIpc) is 2.86. The Labute approximate surface area is 224 Å². The topological polar surface area (TPSA) is 75.6 Å². The van der Waals surface area contributed by atoms with Crippen molar-refractivity contribution in [2.45, 2.75) is 122 Å².